The van der Waals surface area contributed by atoms with E-state index < -0.39 is 0 Å². The van der Waals surface area contributed by atoms with Gasteiger partial charge in [-0.3, -0.25) is 4.79 Å². The molecule has 1 saturated heterocycles. The number of piperazine rings is 1. The number of rotatable bonds is 5. The number of nitrogens with one attached hydrogen (secondary N) is 2. The van der Waals surface area contributed by atoms with Crippen molar-refractivity contribution in [2.24, 2.45) is 4.99 Å². The molecule has 2 aromatic rings. The first-order valence-electron chi connectivity index (χ1n) is 9.68. The third-order valence-corrected chi connectivity index (χ3v) is 5.27. The van der Waals surface area contributed by atoms with Gasteiger partial charge in [0, 0.05) is 51.0 Å². The number of nitrogens with zero attached hydrogens (tertiary/aromatic N) is 5. The molecular formula is C20H26N8O. The van der Waals surface area contributed by atoms with E-state index in [2.05, 4.69) is 50.1 Å². The van der Waals surface area contributed by atoms with E-state index in [0.717, 1.165) is 31.9 Å². The van der Waals surface area contributed by atoms with Crippen molar-refractivity contribution in [3.05, 3.63) is 48.1 Å². The minimum atomic E-state index is -0.121. The molecule has 0 unspecified atom stereocenters. The number of carbonyl (C=O) groups is 1. The van der Waals surface area contributed by atoms with Crippen LogP contribution in [0, 0.1) is 0 Å². The van der Waals surface area contributed by atoms with Crippen LogP contribution in [0.2, 0.25) is 0 Å². The van der Waals surface area contributed by atoms with Gasteiger partial charge in [0.05, 0.1) is 11.9 Å². The summed E-state index contributed by atoms with van der Waals surface area (Å²) in [5.41, 5.74) is 8.50. The summed E-state index contributed by atoms with van der Waals surface area (Å²) in [7, 11) is 2.14. The van der Waals surface area contributed by atoms with Gasteiger partial charge in [-0.25, -0.2) is 9.98 Å². The Morgan fingerprint density at radius 3 is 2.79 bits per heavy atom. The van der Waals surface area contributed by atoms with Crippen LogP contribution in [0.5, 0.6) is 0 Å². The Balaban J connectivity index is 1.38. The van der Waals surface area contributed by atoms with Gasteiger partial charge in [-0.15, -0.1) is 0 Å². The summed E-state index contributed by atoms with van der Waals surface area (Å²) in [4.78, 5) is 25.4. The SMILES string of the molecule is C=C(/N=C\c1cc2n(c1N)CCNC2=O)Nc1ccc(N2CCN(C)CC2)cn1. The van der Waals surface area contributed by atoms with Gasteiger partial charge in [0.2, 0.25) is 0 Å². The number of nitrogens with two attached hydrogens (primary N) is 1. The number of anilines is 3. The number of carbonyl (C=O) groups excluding carboxylic acids is 1. The van der Waals surface area contributed by atoms with Crippen molar-refractivity contribution in [1.29, 1.82) is 0 Å². The van der Waals surface area contributed by atoms with Crippen molar-refractivity contribution in [2.75, 3.05) is 55.7 Å². The van der Waals surface area contributed by atoms with Crippen LogP contribution in [0.25, 0.3) is 0 Å². The molecule has 0 bridgehead atoms. The van der Waals surface area contributed by atoms with Gasteiger partial charge in [0.1, 0.15) is 23.2 Å². The number of fused-ring (bicyclic) bond motifs is 1. The van der Waals surface area contributed by atoms with E-state index in [1.54, 1.807) is 16.8 Å². The highest BCUT2D eigenvalue weighted by Gasteiger charge is 2.21. The van der Waals surface area contributed by atoms with Crippen molar-refractivity contribution < 1.29 is 4.79 Å². The monoisotopic (exact) mass is 394 g/mol. The second-order valence-corrected chi connectivity index (χ2v) is 7.30. The Labute approximate surface area is 169 Å². The third-order valence-electron chi connectivity index (χ3n) is 5.27. The average Bonchev–Trinajstić information content (AvgIpc) is 3.05. The van der Waals surface area contributed by atoms with E-state index in [-0.39, 0.29) is 5.91 Å². The zero-order chi connectivity index (χ0) is 20.4. The summed E-state index contributed by atoms with van der Waals surface area (Å²) in [6.07, 6.45) is 3.48. The zero-order valence-corrected chi connectivity index (χ0v) is 16.6. The van der Waals surface area contributed by atoms with Crippen molar-refractivity contribution in [1.82, 2.24) is 19.8 Å². The number of nitrogen functional groups attached to an aromatic ring is 1. The molecular weight excluding hydrogens is 368 g/mol. The van der Waals surface area contributed by atoms with E-state index in [1.807, 2.05) is 12.3 Å². The number of hydrogen-bond donors (Lipinski definition) is 3. The van der Waals surface area contributed by atoms with Gasteiger partial charge in [0.25, 0.3) is 5.91 Å². The Kier molecular flexibility index (Phi) is 5.22. The molecule has 0 aromatic carbocycles. The Morgan fingerprint density at radius 2 is 2.10 bits per heavy atom. The van der Waals surface area contributed by atoms with Crippen LogP contribution in [0.3, 0.4) is 0 Å². The summed E-state index contributed by atoms with van der Waals surface area (Å²) in [5.74, 6) is 1.52. The normalized spacial score (nSPS) is 17.3. The van der Waals surface area contributed by atoms with Gasteiger partial charge in [-0.2, -0.15) is 0 Å². The van der Waals surface area contributed by atoms with Crippen LogP contribution < -0.4 is 21.3 Å². The lowest BCUT2D eigenvalue weighted by atomic mass is 10.3. The molecule has 2 aliphatic rings. The third kappa shape index (κ3) is 4.09. The highest BCUT2D eigenvalue weighted by atomic mass is 16.2. The molecule has 152 valence electrons. The van der Waals surface area contributed by atoms with E-state index in [1.165, 1.54) is 0 Å². The summed E-state index contributed by atoms with van der Waals surface area (Å²) >= 11 is 0. The van der Waals surface area contributed by atoms with E-state index in [0.29, 0.717) is 41.8 Å². The fourth-order valence-electron chi connectivity index (χ4n) is 3.53. The maximum atomic E-state index is 11.9. The molecule has 4 N–H and O–H groups in total. The molecule has 9 nitrogen and oxygen atoms in total. The number of pyridine rings is 1. The minimum absolute atomic E-state index is 0.121. The smallest absolute Gasteiger partial charge is 0.268 e. The maximum absolute atomic E-state index is 11.9. The fraction of sp³-hybridized carbons (Fsp3) is 0.350. The molecule has 2 aliphatic heterocycles. The van der Waals surface area contributed by atoms with Gasteiger partial charge in [-0.05, 0) is 25.2 Å². The van der Waals surface area contributed by atoms with E-state index in [4.69, 9.17) is 5.73 Å². The van der Waals surface area contributed by atoms with Gasteiger partial charge in [-0.1, -0.05) is 6.58 Å². The topological polar surface area (TPSA) is 104 Å². The first-order valence-corrected chi connectivity index (χ1v) is 9.68. The Hall–Kier alpha value is -3.33. The molecule has 0 atom stereocenters. The highest BCUT2D eigenvalue weighted by molar-refractivity contribution is 5.98. The molecule has 2 aromatic heterocycles. The summed E-state index contributed by atoms with van der Waals surface area (Å²) in [6, 6.07) is 5.71. The lowest BCUT2D eigenvalue weighted by Crippen LogP contribution is -2.44. The van der Waals surface area contributed by atoms with Crippen molar-refractivity contribution in [3.8, 4) is 0 Å². The predicted molar refractivity (Wildman–Crippen MR) is 115 cm³/mol. The molecule has 29 heavy (non-hydrogen) atoms. The average molecular weight is 394 g/mol. The number of amides is 1. The second-order valence-electron chi connectivity index (χ2n) is 7.30. The predicted octanol–water partition coefficient (Wildman–Crippen LogP) is 0.963. The minimum Gasteiger partial charge on any atom is -0.385 e. The van der Waals surface area contributed by atoms with Crippen molar-refractivity contribution >= 4 is 29.4 Å². The number of hydrogen-bond acceptors (Lipinski definition) is 7. The van der Waals surface area contributed by atoms with E-state index in [9.17, 15) is 4.79 Å². The molecule has 4 rings (SSSR count). The van der Waals surface area contributed by atoms with Gasteiger partial charge < -0.3 is 30.7 Å². The van der Waals surface area contributed by atoms with Gasteiger partial charge in [0.15, 0.2) is 0 Å². The first kappa shape index (κ1) is 19.0. The maximum Gasteiger partial charge on any atom is 0.268 e. The summed E-state index contributed by atoms with van der Waals surface area (Å²) in [5, 5.41) is 5.88. The molecule has 0 saturated carbocycles. The summed E-state index contributed by atoms with van der Waals surface area (Å²) in [6.45, 7) is 9.27. The van der Waals surface area contributed by atoms with E-state index >= 15 is 0 Å². The highest BCUT2D eigenvalue weighted by Crippen LogP contribution is 2.20. The molecule has 0 aliphatic carbocycles. The molecule has 0 radical (unpaired) electrons. The lowest BCUT2D eigenvalue weighted by Gasteiger charge is -2.33. The zero-order valence-electron chi connectivity index (χ0n) is 16.6. The molecule has 1 fully saturated rings. The van der Waals surface area contributed by atoms with Crippen LogP contribution in [-0.2, 0) is 6.54 Å². The molecule has 0 spiro atoms. The number of aromatic nitrogens is 2. The number of aliphatic imine (C=N–C) groups is 1. The molecule has 4 heterocycles. The van der Waals surface area contributed by atoms with Crippen LogP contribution in [0.1, 0.15) is 16.1 Å². The fourth-order valence-corrected chi connectivity index (χ4v) is 3.53. The van der Waals surface area contributed by atoms with Crippen LogP contribution >= 0.6 is 0 Å². The Morgan fingerprint density at radius 1 is 1.31 bits per heavy atom. The van der Waals surface area contributed by atoms with Crippen LogP contribution in [0.4, 0.5) is 17.3 Å². The van der Waals surface area contributed by atoms with Crippen LogP contribution in [0.15, 0.2) is 41.8 Å². The quantitative estimate of drug-likeness (QED) is 0.653. The summed E-state index contributed by atoms with van der Waals surface area (Å²) < 4.78 is 1.80. The first-order chi connectivity index (χ1) is 14.0. The van der Waals surface area contributed by atoms with Crippen molar-refractivity contribution in [2.45, 2.75) is 6.54 Å². The molecule has 9 heteroatoms. The number of likely N-dealkylation sites (N-methyl/N-ethyl adjacent to an activating group) is 1. The lowest BCUT2D eigenvalue weighted by molar-refractivity contribution is 0.0928. The molecule has 1 amide bonds. The van der Waals surface area contributed by atoms with Crippen LogP contribution in [-0.4, -0.2) is 66.3 Å². The second kappa shape index (κ2) is 7.96. The van der Waals surface area contributed by atoms with Gasteiger partial charge >= 0.3 is 0 Å². The Bertz CT molecular complexity index is 938. The largest absolute Gasteiger partial charge is 0.385 e. The standard InChI is InChI=1S/C20H26N8O/c1-14(23-12-15-11-17-20(29)22-5-6-28(17)19(15)21)25-18-4-3-16(13-24-18)27-9-7-26(2)8-10-27/h3-4,11-13H,1,5-10,21H2,2H3,(H,22,29)(H,24,25)/b23-12-. The van der Waals surface area contributed by atoms with Crippen molar-refractivity contribution in [3.63, 3.8) is 0 Å².